The van der Waals surface area contributed by atoms with Crippen molar-refractivity contribution >= 4 is 6.03 Å². The van der Waals surface area contributed by atoms with Crippen LogP contribution in [0, 0.1) is 11.3 Å². The minimum absolute atomic E-state index is 0.0804. The Balaban J connectivity index is 1.68. The van der Waals surface area contributed by atoms with Crippen molar-refractivity contribution in [1.82, 2.24) is 10.2 Å². The summed E-state index contributed by atoms with van der Waals surface area (Å²) >= 11 is 0. The Morgan fingerprint density at radius 1 is 1.50 bits per heavy atom. The van der Waals surface area contributed by atoms with Crippen molar-refractivity contribution in [1.29, 1.82) is 5.26 Å². The number of amides is 2. The molecule has 1 aliphatic heterocycles. The Bertz CT molecular complexity index is 513. The first-order chi connectivity index (χ1) is 9.72. The number of carbonyl (C=O) groups is 1. The second-order valence-electron chi connectivity index (χ2n) is 4.62. The van der Waals surface area contributed by atoms with E-state index in [0.29, 0.717) is 31.8 Å². The topological polar surface area (TPSA) is 65.4 Å². The number of nitrogens with zero attached hydrogens (tertiary/aromatic N) is 2. The van der Waals surface area contributed by atoms with E-state index in [0.717, 1.165) is 5.56 Å². The molecule has 0 spiro atoms. The number of nitriles is 1. The molecule has 1 N–H and O–H groups in total. The number of ether oxygens (including phenoxy) is 1. The number of urea groups is 1. The van der Waals surface area contributed by atoms with Crippen LogP contribution in [-0.4, -0.2) is 36.7 Å². The zero-order chi connectivity index (χ0) is 14.4. The maximum absolute atomic E-state index is 11.6. The number of rotatable bonds is 5. The Kier molecular flexibility index (Phi) is 4.75. The van der Waals surface area contributed by atoms with E-state index in [1.807, 2.05) is 12.1 Å². The fourth-order valence-corrected chi connectivity index (χ4v) is 1.87. The van der Waals surface area contributed by atoms with Gasteiger partial charge in [-0.25, -0.2) is 4.79 Å². The minimum atomic E-state index is -0.0804. The molecule has 0 aromatic heterocycles. The molecule has 1 aliphatic rings. The molecule has 5 heteroatoms. The van der Waals surface area contributed by atoms with Gasteiger partial charge >= 0.3 is 6.03 Å². The minimum Gasteiger partial charge on any atom is -0.370 e. The van der Waals surface area contributed by atoms with E-state index in [4.69, 9.17) is 10.00 Å². The summed E-state index contributed by atoms with van der Waals surface area (Å²) in [6.07, 6.45) is 1.73. The van der Waals surface area contributed by atoms with Gasteiger partial charge in [0.1, 0.15) is 0 Å². The summed E-state index contributed by atoms with van der Waals surface area (Å²) in [5, 5.41) is 11.4. The predicted octanol–water partition coefficient (Wildman–Crippen LogP) is 1.65. The molecule has 20 heavy (non-hydrogen) atoms. The quantitative estimate of drug-likeness (QED) is 0.828. The van der Waals surface area contributed by atoms with Gasteiger partial charge in [-0.2, -0.15) is 5.26 Å². The average Bonchev–Trinajstić information content (AvgIpc) is 2.44. The van der Waals surface area contributed by atoms with Crippen molar-refractivity contribution < 1.29 is 9.53 Å². The number of nitrogens with one attached hydrogen (secondary N) is 1. The molecule has 1 saturated heterocycles. The second-order valence-corrected chi connectivity index (χ2v) is 4.62. The van der Waals surface area contributed by atoms with Crippen molar-refractivity contribution in [3.8, 4) is 6.07 Å². The van der Waals surface area contributed by atoms with Crippen molar-refractivity contribution in [3.05, 3.63) is 48.0 Å². The molecular weight excluding hydrogens is 254 g/mol. The Labute approximate surface area is 118 Å². The van der Waals surface area contributed by atoms with Gasteiger partial charge in [-0.3, -0.25) is 0 Å². The fourth-order valence-electron chi connectivity index (χ4n) is 1.87. The van der Waals surface area contributed by atoms with Crippen LogP contribution >= 0.6 is 0 Å². The molecule has 2 rings (SSSR count). The monoisotopic (exact) mass is 271 g/mol. The molecule has 0 bridgehead atoms. The van der Waals surface area contributed by atoms with Crippen LogP contribution in [0.2, 0.25) is 0 Å². The van der Waals surface area contributed by atoms with Gasteiger partial charge in [-0.05, 0) is 17.7 Å². The van der Waals surface area contributed by atoms with E-state index in [1.165, 1.54) is 0 Å². The SMILES string of the molecule is C=CCNC(=O)N1CC(OCc2ccc(C#N)cc2)C1. The lowest BCUT2D eigenvalue weighted by molar-refractivity contribution is -0.0440. The molecule has 0 unspecified atom stereocenters. The Morgan fingerprint density at radius 2 is 2.20 bits per heavy atom. The summed E-state index contributed by atoms with van der Waals surface area (Å²) in [5.41, 5.74) is 1.67. The zero-order valence-corrected chi connectivity index (χ0v) is 11.2. The molecule has 0 saturated carbocycles. The van der Waals surface area contributed by atoms with E-state index in [9.17, 15) is 4.79 Å². The molecule has 0 radical (unpaired) electrons. The van der Waals surface area contributed by atoms with Gasteiger partial charge in [0, 0.05) is 6.54 Å². The summed E-state index contributed by atoms with van der Waals surface area (Å²) in [6.45, 7) is 5.75. The third-order valence-electron chi connectivity index (χ3n) is 3.10. The lowest BCUT2D eigenvalue weighted by Gasteiger charge is -2.38. The van der Waals surface area contributed by atoms with Crippen LogP contribution in [0.4, 0.5) is 4.79 Å². The third kappa shape index (κ3) is 3.59. The first kappa shape index (κ1) is 14.1. The van der Waals surface area contributed by atoms with Gasteiger partial charge in [0.2, 0.25) is 0 Å². The normalized spacial score (nSPS) is 14.2. The molecule has 2 amide bonds. The number of hydrogen-bond acceptors (Lipinski definition) is 3. The maximum atomic E-state index is 11.6. The van der Waals surface area contributed by atoms with Crippen molar-refractivity contribution in [3.63, 3.8) is 0 Å². The highest BCUT2D eigenvalue weighted by molar-refractivity contribution is 5.75. The van der Waals surface area contributed by atoms with Gasteiger partial charge < -0.3 is 15.0 Å². The average molecular weight is 271 g/mol. The molecule has 0 aliphatic carbocycles. The van der Waals surface area contributed by atoms with E-state index in [1.54, 1.807) is 23.1 Å². The summed E-state index contributed by atoms with van der Waals surface area (Å²) in [4.78, 5) is 13.3. The highest BCUT2D eigenvalue weighted by Crippen LogP contribution is 2.14. The summed E-state index contributed by atoms with van der Waals surface area (Å²) < 4.78 is 5.70. The lowest BCUT2D eigenvalue weighted by atomic mass is 10.1. The highest BCUT2D eigenvalue weighted by atomic mass is 16.5. The summed E-state index contributed by atoms with van der Waals surface area (Å²) in [5.74, 6) is 0. The second kappa shape index (κ2) is 6.73. The van der Waals surface area contributed by atoms with Crippen molar-refractivity contribution in [2.24, 2.45) is 0 Å². The van der Waals surface area contributed by atoms with Gasteiger partial charge in [0.15, 0.2) is 0 Å². The van der Waals surface area contributed by atoms with Crippen LogP contribution in [0.15, 0.2) is 36.9 Å². The zero-order valence-electron chi connectivity index (χ0n) is 11.2. The van der Waals surface area contributed by atoms with Crippen LogP contribution in [0.1, 0.15) is 11.1 Å². The number of benzene rings is 1. The van der Waals surface area contributed by atoms with Crippen molar-refractivity contribution in [2.75, 3.05) is 19.6 Å². The number of likely N-dealkylation sites (tertiary alicyclic amines) is 1. The summed E-state index contributed by atoms with van der Waals surface area (Å²) in [6, 6.07) is 9.30. The van der Waals surface area contributed by atoms with Gasteiger partial charge in [-0.15, -0.1) is 6.58 Å². The van der Waals surface area contributed by atoms with Crippen LogP contribution in [-0.2, 0) is 11.3 Å². The Hall–Kier alpha value is -2.32. The molecule has 1 aromatic rings. The Morgan fingerprint density at radius 3 is 2.80 bits per heavy atom. The van der Waals surface area contributed by atoms with Crippen molar-refractivity contribution in [2.45, 2.75) is 12.7 Å². The third-order valence-corrected chi connectivity index (χ3v) is 3.10. The number of hydrogen-bond donors (Lipinski definition) is 1. The van der Waals surface area contributed by atoms with Crippen LogP contribution in [0.5, 0.6) is 0 Å². The van der Waals surface area contributed by atoms with Gasteiger partial charge in [0.05, 0.1) is 37.4 Å². The van der Waals surface area contributed by atoms with E-state index < -0.39 is 0 Å². The van der Waals surface area contributed by atoms with Crippen LogP contribution in [0.25, 0.3) is 0 Å². The van der Waals surface area contributed by atoms with E-state index in [-0.39, 0.29) is 12.1 Å². The number of carbonyl (C=O) groups excluding carboxylic acids is 1. The molecular formula is C15H17N3O2. The van der Waals surface area contributed by atoms with E-state index in [2.05, 4.69) is 18.0 Å². The van der Waals surface area contributed by atoms with Crippen LogP contribution in [0.3, 0.4) is 0 Å². The molecule has 1 heterocycles. The lowest BCUT2D eigenvalue weighted by Crippen LogP contribution is -2.57. The first-order valence-corrected chi connectivity index (χ1v) is 6.47. The van der Waals surface area contributed by atoms with Crippen LogP contribution < -0.4 is 5.32 Å². The molecule has 1 aromatic carbocycles. The molecule has 1 fully saturated rings. The van der Waals surface area contributed by atoms with Gasteiger partial charge in [-0.1, -0.05) is 18.2 Å². The molecule has 0 atom stereocenters. The first-order valence-electron chi connectivity index (χ1n) is 6.47. The van der Waals surface area contributed by atoms with E-state index >= 15 is 0 Å². The maximum Gasteiger partial charge on any atom is 0.317 e. The highest BCUT2D eigenvalue weighted by Gasteiger charge is 2.30. The molecule has 104 valence electrons. The van der Waals surface area contributed by atoms with Gasteiger partial charge in [0.25, 0.3) is 0 Å². The largest absolute Gasteiger partial charge is 0.370 e. The molecule has 5 nitrogen and oxygen atoms in total. The predicted molar refractivity (Wildman–Crippen MR) is 74.9 cm³/mol. The smallest absolute Gasteiger partial charge is 0.317 e. The fraction of sp³-hybridized carbons (Fsp3) is 0.333. The standard InChI is InChI=1S/C15H17N3O2/c1-2-7-17-15(19)18-9-14(10-18)20-11-13-5-3-12(8-16)4-6-13/h2-6,14H,1,7,9-11H2,(H,17,19). The summed E-state index contributed by atoms with van der Waals surface area (Å²) in [7, 11) is 0.